The van der Waals surface area contributed by atoms with Crippen LogP contribution in [0.4, 0.5) is 17.1 Å². The Bertz CT molecular complexity index is 1480. The molecule has 0 unspecified atom stereocenters. The summed E-state index contributed by atoms with van der Waals surface area (Å²) in [5.74, 6) is -4.34. The molecule has 0 bridgehead atoms. The minimum absolute atomic E-state index is 0.0543. The summed E-state index contributed by atoms with van der Waals surface area (Å²) < 4.78 is 0. The number of aromatic carboxylic acids is 1. The van der Waals surface area contributed by atoms with Gasteiger partial charge in [-0.3, -0.25) is 19.2 Å². The van der Waals surface area contributed by atoms with Gasteiger partial charge in [0.25, 0.3) is 0 Å². The maximum Gasteiger partial charge on any atom is 0.335 e. The molecule has 218 valence electrons. The van der Waals surface area contributed by atoms with Gasteiger partial charge in [0.05, 0.1) is 16.9 Å². The third-order valence-corrected chi connectivity index (χ3v) is 7.21. The number of carbonyl (C=O) groups is 5. The standard InChI is InChI=1S/C31H31ClN4O6/c1-2-7-23(19-8-4-3-5-9-19)27(28(38)33-22-14-11-20(12-15-22)31(41)42)35-30(40)29(39)34-24-18-21(32)13-16-25(24)36-17-6-10-26(36)37/h3-5,8-9,11-16,18,23,27H,2,6-7,10,17H2,1H3,(H,33,38)(H,34,39)(H,35,40)(H,41,42)/t23-,27-/m0/s1. The molecule has 2 atom stereocenters. The minimum Gasteiger partial charge on any atom is -0.478 e. The van der Waals surface area contributed by atoms with E-state index in [1.165, 1.54) is 35.2 Å². The number of amides is 4. The molecular formula is C31H31ClN4O6. The highest BCUT2D eigenvalue weighted by molar-refractivity contribution is 6.40. The first-order chi connectivity index (χ1) is 20.2. The maximum absolute atomic E-state index is 13.6. The normalized spacial score (nSPS) is 14.1. The predicted molar refractivity (Wildman–Crippen MR) is 160 cm³/mol. The van der Waals surface area contributed by atoms with E-state index in [9.17, 15) is 24.0 Å². The number of benzene rings is 3. The first-order valence-corrected chi connectivity index (χ1v) is 14.0. The van der Waals surface area contributed by atoms with Crippen LogP contribution in [-0.4, -0.2) is 47.3 Å². The van der Waals surface area contributed by atoms with E-state index in [1.807, 2.05) is 37.3 Å². The van der Waals surface area contributed by atoms with E-state index in [0.29, 0.717) is 48.6 Å². The lowest BCUT2D eigenvalue weighted by Gasteiger charge is -2.27. The third kappa shape index (κ3) is 7.32. The van der Waals surface area contributed by atoms with Gasteiger partial charge in [0.2, 0.25) is 11.8 Å². The summed E-state index contributed by atoms with van der Waals surface area (Å²) in [5, 5.41) is 17.4. The number of nitrogens with zero attached hydrogens (tertiary/aromatic N) is 1. The molecule has 10 nitrogen and oxygen atoms in total. The van der Waals surface area contributed by atoms with Crippen LogP contribution in [0.5, 0.6) is 0 Å². The van der Waals surface area contributed by atoms with Crippen molar-refractivity contribution in [1.29, 1.82) is 0 Å². The summed E-state index contributed by atoms with van der Waals surface area (Å²) >= 11 is 6.16. The van der Waals surface area contributed by atoms with E-state index in [4.69, 9.17) is 16.7 Å². The quantitative estimate of drug-likeness (QED) is 0.249. The van der Waals surface area contributed by atoms with Crippen molar-refractivity contribution in [3.05, 3.63) is 88.9 Å². The molecule has 0 saturated carbocycles. The highest BCUT2D eigenvalue weighted by Gasteiger charge is 2.33. The van der Waals surface area contributed by atoms with Crippen molar-refractivity contribution in [2.75, 3.05) is 22.1 Å². The summed E-state index contributed by atoms with van der Waals surface area (Å²) in [7, 11) is 0. The van der Waals surface area contributed by atoms with Crippen molar-refractivity contribution in [3.63, 3.8) is 0 Å². The molecule has 1 fully saturated rings. The average Bonchev–Trinajstić information content (AvgIpc) is 3.40. The number of carboxylic acids is 1. The van der Waals surface area contributed by atoms with E-state index in [0.717, 1.165) is 5.56 Å². The van der Waals surface area contributed by atoms with Crippen molar-refractivity contribution >= 4 is 58.3 Å². The first-order valence-electron chi connectivity index (χ1n) is 13.6. The Balaban J connectivity index is 1.59. The molecule has 1 heterocycles. The van der Waals surface area contributed by atoms with Crippen LogP contribution in [0.15, 0.2) is 72.8 Å². The number of halogens is 1. The van der Waals surface area contributed by atoms with Crippen molar-refractivity contribution in [2.45, 2.75) is 44.6 Å². The van der Waals surface area contributed by atoms with Gasteiger partial charge in [0.15, 0.2) is 0 Å². The summed E-state index contributed by atoms with van der Waals surface area (Å²) in [4.78, 5) is 65.1. The second kappa shape index (κ2) is 13.8. The van der Waals surface area contributed by atoms with Gasteiger partial charge in [0, 0.05) is 29.6 Å². The lowest BCUT2D eigenvalue weighted by atomic mass is 9.86. The fourth-order valence-corrected chi connectivity index (χ4v) is 5.11. The van der Waals surface area contributed by atoms with E-state index < -0.39 is 35.7 Å². The zero-order valence-electron chi connectivity index (χ0n) is 22.9. The van der Waals surface area contributed by atoms with Crippen molar-refractivity contribution in [1.82, 2.24) is 5.32 Å². The molecule has 0 aliphatic carbocycles. The monoisotopic (exact) mass is 590 g/mol. The Morgan fingerprint density at radius 1 is 0.952 bits per heavy atom. The van der Waals surface area contributed by atoms with Gasteiger partial charge in [-0.1, -0.05) is 55.3 Å². The number of carboxylic acid groups (broad SMARTS) is 1. The largest absolute Gasteiger partial charge is 0.478 e. The zero-order valence-corrected chi connectivity index (χ0v) is 23.7. The molecule has 11 heteroatoms. The highest BCUT2D eigenvalue weighted by Crippen LogP contribution is 2.32. The topological polar surface area (TPSA) is 145 Å². The maximum atomic E-state index is 13.6. The summed E-state index contributed by atoms with van der Waals surface area (Å²) in [6.45, 7) is 2.42. The summed E-state index contributed by atoms with van der Waals surface area (Å²) in [6, 6.07) is 18.3. The SMILES string of the molecule is CCC[C@@H](c1ccccc1)[C@H](NC(=O)C(=O)Nc1cc(Cl)ccc1N1CCCC1=O)C(=O)Nc1ccc(C(=O)O)cc1. The Labute approximate surface area is 248 Å². The van der Waals surface area contributed by atoms with Crippen LogP contribution in [0.1, 0.15) is 54.4 Å². The van der Waals surface area contributed by atoms with Crippen LogP contribution in [-0.2, 0) is 19.2 Å². The molecule has 1 aliphatic heterocycles. The molecule has 3 aromatic carbocycles. The lowest BCUT2D eigenvalue weighted by molar-refractivity contribution is -0.137. The second-order valence-corrected chi connectivity index (χ2v) is 10.3. The molecule has 3 aromatic rings. The minimum atomic E-state index is -1.15. The molecule has 1 aliphatic rings. The van der Waals surface area contributed by atoms with Crippen molar-refractivity contribution < 1.29 is 29.1 Å². The number of carbonyl (C=O) groups excluding carboxylic acids is 4. The second-order valence-electron chi connectivity index (χ2n) is 9.89. The molecule has 0 aromatic heterocycles. The van der Waals surface area contributed by atoms with Gasteiger partial charge in [-0.05, 0) is 60.9 Å². The van der Waals surface area contributed by atoms with Crippen molar-refractivity contribution in [3.8, 4) is 0 Å². The van der Waals surface area contributed by atoms with Crippen LogP contribution in [0, 0.1) is 0 Å². The predicted octanol–water partition coefficient (Wildman–Crippen LogP) is 4.81. The van der Waals surface area contributed by atoms with Gasteiger partial charge >= 0.3 is 17.8 Å². The van der Waals surface area contributed by atoms with E-state index in [-0.39, 0.29) is 17.2 Å². The van der Waals surface area contributed by atoms with Gasteiger partial charge in [-0.25, -0.2) is 4.79 Å². The van der Waals surface area contributed by atoms with E-state index >= 15 is 0 Å². The number of anilines is 3. The fraction of sp³-hybridized carbons (Fsp3) is 0.258. The lowest BCUT2D eigenvalue weighted by Crippen LogP contribution is -2.50. The first kappa shape index (κ1) is 30.3. The van der Waals surface area contributed by atoms with Gasteiger partial charge in [-0.2, -0.15) is 0 Å². The van der Waals surface area contributed by atoms with Gasteiger partial charge in [0.1, 0.15) is 6.04 Å². The third-order valence-electron chi connectivity index (χ3n) is 6.98. The van der Waals surface area contributed by atoms with Gasteiger partial charge < -0.3 is 26.0 Å². The molecule has 4 rings (SSSR count). The molecule has 4 amide bonds. The number of hydrogen-bond acceptors (Lipinski definition) is 5. The van der Waals surface area contributed by atoms with Crippen LogP contribution < -0.4 is 20.9 Å². The average molecular weight is 591 g/mol. The van der Waals surface area contributed by atoms with E-state index in [1.54, 1.807) is 12.1 Å². The Morgan fingerprint density at radius 3 is 2.29 bits per heavy atom. The summed E-state index contributed by atoms with van der Waals surface area (Å²) in [6.07, 6.45) is 2.26. The number of nitrogens with one attached hydrogen (secondary N) is 3. The Morgan fingerprint density at radius 2 is 1.67 bits per heavy atom. The van der Waals surface area contributed by atoms with Gasteiger partial charge in [-0.15, -0.1) is 0 Å². The molecule has 1 saturated heterocycles. The fourth-order valence-electron chi connectivity index (χ4n) is 4.93. The van der Waals surface area contributed by atoms with Crippen LogP contribution >= 0.6 is 11.6 Å². The van der Waals surface area contributed by atoms with Crippen LogP contribution in [0.3, 0.4) is 0 Å². The van der Waals surface area contributed by atoms with E-state index in [2.05, 4.69) is 16.0 Å². The number of hydrogen-bond donors (Lipinski definition) is 4. The molecule has 0 radical (unpaired) electrons. The molecule has 0 spiro atoms. The smallest absolute Gasteiger partial charge is 0.335 e. The number of rotatable bonds is 10. The summed E-state index contributed by atoms with van der Waals surface area (Å²) in [5.41, 5.74) is 1.81. The molecule has 4 N–H and O–H groups in total. The molecular weight excluding hydrogens is 560 g/mol. The highest BCUT2D eigenvalue weighted by atomic mass is 35.5. The molecule has 42 heavy (non-hydrogen) atoms. The van der Waals surface area contributed by atoms with Crippen molar-refractivity contribution in [2.24, 2.45) is 0 Å². The van der Waals surface area contributed by atoms with Crippen LogP contribution in [0.2, 0.25) is 5.02 Å². The van der Waals surface area contributed by atoms with Crippen LogP contribution in [0.25, 0.3) is 0 Å². The Hall–Kier alpha value is -4.70. The Kier molecular flexibility index (Phi) is 9.93. The zero-order chi connectivity index (χ0) is 30.2.